The van der Waals surface area contributed by atoms with Gasteiger partial charge < -0.3 is 10.1 Å². The molecule has 0 aliphatic carbocycles. The van der Waals surface area contributed by atoms with Gasteiger partial charge in [0.25, 0.3) is 10.0 Å². The van der Waals surface area contributed by atoms with Crippen LogP contribution in [0.2, 0.25) is 0 Å². The Balaban J connectivity index is 1.68. The second-order valence-electron chi connectivity index (χ2n) is 11.2. The smallest absolute Gasteiger partial charge is 0.264 e. The number of aromatic nitrogens is 2. The van der Waals surface area contributed by atoms with E-state index in [4.69, 9.17) is 4.74 Å². The third-order valence-electron chi connectivity index (χ3n) is 7.01. The lowest BCUT2D eigenvalue weighted by Crippen LogP contribution is -2.29. The fraction of sp³-hybridized carbons (Fsp3) is 0.290. The highest BCUT2D eigenvalue weighted by molar-refractivity contribution is 7.92. The highest BCUT2D eigenvalue weighted by atomic mass is 32.2. The first-order valence-electron chi connectivity index (χ1n) is 13.0. The van der Waals surface area contributed by atoms with E-state index in [0.29, 0.717) is 11.4 Å². The molecule has 5 rings (SSSR count). The van der Waals surface area contributed by atoms with Crippen molar-refractivity contribution in [1.29, 1.82) is 0 Å². The second-order valence-corrected chi connectivity index (χ2v) is 12.8. The number of nitrogens with one attached hydrogen (secondary N) is 2. The highest BCUT2D eigenvalue weighted by Crippen LogP contribution is 2.34. The van der Waals surface area contributed by atoms with Gasteiger partial charge >= 0.3 is 0 Å². The van der Waals surface area contributed by atoms with Gasteiger partial charge in [0.1, 0.15) is 6.10 Å². The maximum absolute atomic E-state index is 13.3. The SMILES string of the molecule is Cc1cccc(C)c1-c1cc2nc(n1)NS(=O)(=O)c1cccc(c1)N[C@H](C)[C@@H](c1ccc(C(C)(C)C)cc1)O2. The van der Waals surface area contributed by atoms with Gasteiger partial charge in [-0.3, -0.25) is 0 Å². The fourth-order valence-electron chi connectivity index (χ4n) is 4.91. The molecule has 3 aromatic carbocycles. The van der Waals surface area contributed by atoms with Crippen molar-refractivity contribution in [2.75, 3.05) is 10.0 Å². The summed E-state index contributed by atoms with van der Waals surface area (Å²) in [6, 6.07) is 22.7. The van der Waals surface area contributed by atoms with Crippen LogP contribution in [0.4, 0.5) is 11.6 Å². The van der Waals surface area contributed by atoms with Gasteiger partial charge in [-0.2, -0.15) is 4.98 Å². The quantitative estimate of drug-likeness (QED) is 0.290. The Morgan fingerprint density at radius 2 is 1.54 bits per heavy atom. The van der Waals surface area contributed by atoms with E-state index in [1.54, 1.807) is 24.3 Å². The Kier molecular flexibility index (Phi) is 6.84. The lowest BCUT2D eigenvalue weighted by Gasteiger charge is -2.28. The maximum Gasteiger partial charge on any atom is 0.264 e. The number of nitrogens with zero attached hydrogens (tertiary/aromatic N) is 2. The Bertz CT molecular complexity index is 1610. The second kappa shape index (κ2) is 10.0. The van der Waals surface area contributed by atoms with Crippen LogP contribution in [-0.4, -0.2) is 24.4 Å². The summed E-state index contributed by atoms with van der Waals surface area (Å²) in [6.45, 7) is 12.6. The van der Waals surface area contributed by atoms with E-state index in [2.05, 4.69) is 65.0 Å². The topological polar surface area (TPSA) is 93.2 Å². The van der Waals surface area contributed by atoms with Gasteiger partial charge in [0.05, 0.1) is 16.6 Å². The number of rotatable bonds is 2. The minimum atomic E-state index is -3.94. The average Bonchev–Trinajstić information content (AvgIpc) is 2.86. The van der Waals surface area contributed by atoms with Crippen molar-refractivity contribution < 1.29 is 13.2 Å². The third-order valence-corrected chi connectivity index (χ3v) is 8.34. The summed E-state index contributed by atoms with van der Waals surface area (Å²) in [6.07, 6.45) is -0.424. The predicted octanol–water partition coefficient (Wildman–Crippen LogP) is 6.79. The Morgan fingerprint density at radius 1 is 0.872 bits per heavy atom. The molecule has 0 fully saturated rings. The minimum absolute atomic E-state index is 0.0230. The molecule has 4 bridgehead atoms. The number of sulfonamides is 1. The molecule has 1 aromatic heterocycles. The van der Waals surface area contributed by atoms with Crippen molar-refractivity contribution in [3.63, 3.8) is 0 Å². The summed E-state index contributed by atoms with van der Waals surface area (Å²) in [5.41, 5.74) is 6.44. The fourth-order valence-corrected chi connectivity index (χ4v) is 5.90. The number of ether oxygens (including phenoxy) is 1. The van der Waals surface area contributed by atoms with Crippen LogP contribution in [0.3, 0.4) is 0 Å². The van der Waals surface area contributed by atoms with Crippen LogP contribution < -0.4 is 14.8 Å². The number of hydrogen-bond acceptors (Lipinski definition) is 6. The first kappa shape index (κ1) is 26.7. The van der Waals surface area contributed by atoms with Crippen molar-refractivity contribution >= 4 is 21.7 Å². The zero-order valence-corrected chi connectivity index (χ0v) is 23.9. The molecule has 2 atom stereocenters. The van der Waals surface area contributed by atoms with Gasteiger partial charge in [0, 0.05) is 17.3 Å². The molecule has 7 nitrogen and oxygen atoms in total. The third kappa shape index (κ3) is 5.61. The maximum atomic E-state index is 13.3. The molecule has 0 spiro atoms. The molecule has 8 heteroatoms. The molecule has 202 valence electrons. The van der Waals surface area contributed by atoms with Crippen LogP contribution in [0.1, 0.15) is 56.1 Å². The van der Waals surface area contributed by atoms with Crippen LogP contribution in [0.15, 0.2) is 77.7 Å². The van der Waals surface area contributed by atoms with Crippen molar-refractivity contribution in [1.82, 2.24) is 9.97 Å². The Labute approximate surface area is 230 Å². The van der Waals surface area contributed by atoms with Gasteiger partial charge in [-0.05, 0) is 66.6 Å². The molecule has 1 aliphatic rings. The molecular formula is C31H34N4O3S. The molecular weight excluding hydrogens is 508 g/mol. The van der Waals surface area contributed by atoms with E-state index < -0.39 is 16.1 Å². The average molecular weight is 543 g/mol. The van der Waals surface area contributed by atoms with Crippen LogP contribution in [0.25, 0.3) is 11.3 Å². The summed E-state index contributed by atoms with van der Waals surface area (Å²) in [4.78, 5) is 9.24. The van der Waals surface area contributed by atoms with E-state index in [-0.39, 0.29) is 28.2 Å². The zero-order chi connectivity index (χ0) is 27.9. The van der Waals surface area contributed by atoms with E-state index in [1.165, 1.54) is 5.56 Å². The molecule has 0 saturated carbocycles. The Morgan fingerprint density at radius 3 is 2.21 bits per heavy atom. The standard InChI is InChI=1S/C31H34N4O3S/c1-19-9-7-10-20(2)28(19)26-18-27-34-30(33-26)35-39(36,37)25-12-8-11-24(17-25)32-21(3)29(38-27)22-13-15-23(16-14-22)31(4,5)6/h7-18,21,29,32H,1-6H3,(H,33,34,35)/t21-,29+/m1/s1. The minimum Gasteiger partial charge on any atom is -0.467 e. The van der Waals surface area contributed by atoms with Crippen LogP contribution in [0, 0.1) is 13.8 Å². The summed E-state index contributed by atoms with van der Waals surface area (Å²) in [5, 5.41) is 3.44. The molecule has 0 unspecified atom stereocenters. The van der Waals surface area contributed by atoms with E-state index in [0.717, 1.165) is 22.3 Å². The largest absolute Gasteiger partial charge is 0.467 e. The number of benzene rings is 3. The van der Waals surface area contributed by atoms with E-state index in [1.807, 2.05) is 45.0 Å². The monoisotopic (exact) mass is 542 g/mol. The summed E-state index contributed by atoms with van der Waals surface area (Å²) >= 11 is 0. The Hall–Kier alpha value is -3.91. The summed E-state index contributed by atoms with van der Waals surface area (Å²) < 4.78 is 35.7. The lowest BCUT2D eigenvalue weighted by atomic mass is 9.86. The van der Waals surface area contributed by atoms with Crippen LogP contribution >= 0.6 is 0 Å². The summed E-state index contributed by atoms with van der Waals surface area (Å²) in [7, 11) is -3.94. The zero-order valence-electron chi connectivity index (χ0n) is 23.1. The van der Waals surface area contributed by atoms with E-state index >= 15 is 0 Å². The highest BCUT2D eigenvalue weighted by Gasteiger charge is 2.27. The van der Waals surface area contributed by atoms with Gasteiger partial charge in [-0.25, -0.2) is 18.1 Å². The lowest BCUT2D eigenvalue weighted by molar-refractivity contribution is 0.180. The number of fused-ring (bicyclic) bond motifs is 4. The molecule has 2 heterocycles. The van der Waals surface area contributed by atoms with Gasteiger partial charge in [0.15, 0.2) is 0 Å². The van der Waals surface area contributed by atoms with Crippen LogP contribution in [-0.2, 0) is 15.4 Å². The summed E-state index contributed by atoms with van der Waals surface area (Å²) in [5.74, 6) is 0.238. The molecule has 1 aliphatic heterocycles. The van der Waals surface area contributed by atoms with Crippen molar-refractivity contribution in [2.45, 2.75) is 64.0 Å². The first-order chi connectivity index (χ1) is 18.4. The van der Waals surface area contributed by atoms with Crippen molar-refractivity contribution in [3.8, 4) is 17.1 Å². The number of aryl methyl sites for hydroxylation is 2. The molecule has 2 N–H and O–H groups in total. The molecule has 0 radical (unpaired) electrons. The van der Waals surface area contributed by atoms with Crippen LogP contribution in [0.5, 0.6) is 5.88 Å². The van der Waals surface area contributed by atoms with Gasteiger partial charge in [-0.1, -0.05) is 69.3 Å². The molecule has 0 saturated heterocycles. The normalized spacial score (nSPS) is 18.5. The van der Waals surface area contributed by atoms with Crippen molar-refractivity contribution in [3.05, 3.63) is 95.1 Å². The predicted molar refractivity (Wildman–Crippen MR) is 156 cm³/mol. The molecule has 0 amide bonds. The van der Waals surface area contributed by atoms with Gasteiger partial charge in [-0.15, -0.1) is 0 Å². The molecule has 39 heavy (non-hydrogen) atoms. The first-order valence-corrected chi connectivity index (χ1v) is 14.5. The number of hydrogen-bond donors (Lipinski definition) is 2. The van der Waals surface area contributed by atoms with Crippen molar-refractivity contribution in [2.24, 2.45) is 0 Å². The van der Waals surface area contributed by atoms with E-state index in [9.17, 15) is 8.42 Å². The molecule has 4 aromatic rings. The van der Waals surface area contributed by atoms with Gasteiger partial charge in [0.2, 0.25) is 11.8 Å². The number of anilines is 2.